The molecule has 0 spiro atoms. The van der Waals surface area contributed by atoms with Gasteiger partial charge in [-0.3, -0.25) is 9.10 Å². The van der Waals surface area contributed by atoms with Gasteiger partial charge in [-0.2, -0.15) is 0 Å². The van der Waals surface area contributed by atoms with E-state index >= 15 is 0 Å². The third-order valence-electron chi connectivity index (χ3n) is 5.41. The Kier molecular flexibility index (Phi) is 7.96. The molecule has 0 aliphatic rings. The van der Waals surface area contributed by atoms with Gasteiger partial charge in [-0.15, -0.1) is 0 Å². The minimum absolute atomic E-state index is 0.0234. The number of amides is 1. The molecule has 0 saturated heterocycles. The molecule has 3 aromatic rings. The smallest absolute Gasteiger partial charge is 0.264 e. The van der Waals surface area contributed by atoms with Crippen LogP contribution >= 0.6 is 23.2 Å². The molecule has 1 atom stereocenters. The zero-order valence-electron chi connectivity index (χ0n) is 19.5. The van der Waals surface area contributed by atoms with E-state index in [1.165, 1.54) is 35.9 Å². The van der Waals surface area contributed by atoms with E-state index in [1.54, 1.807) is 18.2 Å². The van der Waals surface area contributed by atoms with E-state index in [4.69, 9.17) is 23.2 Å². The third-order valence-corrected chi connectivity index (χ3v) is 7.63. The maximum Gasteiger partial charge on any atom is 0.264 e. The molecule has 0 bridgehead atoms. The fourth-order valence-electron chi connectivity index (χ4n) is 3.49. The molecule has 34 heavy (non-hydrogen) atoms. The number of carbonyl (C=O) groups is 1. The lowest BCUT2D eigenvalue weighted by Crippen LogP contribution is -2.41. The van der Waals surface area contributed by atoms with Gasteiger partial charge in [0.15, 0.2) is 0 Å². The molecule has 1 N–H and O–H groups in total. The number of nitrogens with one attached hydrogen (secondary N) is 1. The molecular formula is C26H28Cl2N2O3S. The van der Waals surface area contributed by atoms with Gasteiger partial charge < -0.3 is 5.32 Å². The number of nitrogens with zero attached hydrogens (tertiary/aromatic N) is 1. The predicted octanol–water partition coefficient (Wildman–Crippen LogP) is 6.36. The van der Waals surface area contributed by atoms with Crippen LogP contribution in [0.4, 0.5) is 5.69 Å². The molecule has 0 heterocycles. The van der Waals surface area contributed by atoms with Crippen LogP contribution in [0.2, 0.25) is 10.0 Å². The molecule has 1 amide bonds. The summed E-state index contributed by atoms with van der Waals surface area (Å²) in [6.45, 7) is 7.83. The third kappa shape index (κ3) is 6.32. The molecule has 0 fully saturated rings. The number of benzene rings is 3. The number of rotatable bonds is 7. The average molecular weight is 519 g/mol. The topological polar surface area (TPSA) is 66.5 Å². The van der Waals surface area contributed by atoms with Crippen molar-refractivity contribution in [2.45, 2.75) is 44.0 Å². The second-order valence-electron chi connectivity index (χ2n) is 9.11. The molecule has 8 heteroatoms. The molecule has 0 aromatic heterocycles. The zero-order chi connectivity index (χ0) is 25.1. The van der Waals surface area contributed by atoms with Gasteiger partial charge >= 0.3 is 0 Å². The van der Waals surface area contributed by atoms with E-state index in [9.17, 15) is 13.2 Å². The number of sulfonamides is 1. The van der Waals surface area contributed by atoms with Crippen molar-refractivity contribution in [2.24, 2.45) is 0 Å². The molecule has 0 aliphatic heterocycles. The van der Waals surface area contributed by atoms with Crippen LogP contribution in [0.15, 0.2) is 77.7 Å². The molecule has 5 nitrogen and oxygen atoms in total. The molecule has 0 aliphatic carbocycles. The van der Waals surface area contributed by atoms with E-state index in [1.807, 2.05) is 31.2 Å². The summed E-state index contributed by atoms with van der Waals surface area (Å²) in [5.41, 5.74) is 2.34. The number of hydrogen-bond donors (Lipinski definition) is 1. The molecule has 180 valence electrons. The summed E-state index contributed by atoms with van der Waals surface area (Å²) in [6.07, 6.45) is 0. The first-order chi connectivity index (χ1) is 15.9. The van der Waals surface area contributed by atoms with Crippen molar-refractivity contribution in [3.8, 4) is 0 Å². The number of anilines is 1. The highest BCUT2D eigenvalue weighted by molar-refractivity contribution is 7.92. The minimum Gasteiger partial charge on any atom is -0.348 e. The van der Waals surface area contributed by atoms with Crippen LogP contribution in [0.3, 0.4) is 0 Å². The van der Waals surface area contributed by atoms with E-state index < -0.39 is 22.5 Å². The van der Waals surface area contributed by atoms with Gasteiger partial charge in [-0.25, -0.2) is 8.42 Å². The van der Waals surface area contributed by atoms with E-state index in [0.717, 1.165) is 9.87 Å². The molecule has 3 aromatic carbocycles. The maximum atomic E-state index is 13.4. The first-order valence-corrected chi connectivity index (χ1v) is 13.0. The Hall–Kier alpha value is -2.54. The summed E-state index contributed by atoms with van der Waals surface area (Å²) in [4.78, 5) is 13.1. The Bertz CT molecular complexity index is 1240. The number of halogens is 2. The van der Waals surface area contributed by atoms with Crippen molar-refractivity contribution in [3.05, 3.63) is 94.0 Å². The van der Waals surface area contributed by atoms with Crippen molar-refractivity contribution >= 4 is 44.8 Å². The van der Waals surface area contributed by atoms with Crippen molar-refractivity contribution in [1.82, 2.24) is 5.32 Å². The fourth-order valence-corrected chi connectivity index (χ4v) is 5.43. The first-order valence-electron chi connectivity index (χ1n) is 10.8. The SMILES string of the molecule is C[C@H](NC(=O)CN(c1cc(Cl)cc(Cl)c1)S(=O)(=O)c1ccccc1)c1ccc(C(C)(C)C)cc1. The predicted molar refractivity (Wildman–Crippen MR) is 139 cm³/mol. The van der Waals surface area contributed by atoms with Crippen LogP contribution in [0.25, 0.3) is 0 Å². The summed E-state index contributed by atoms with van der Waals surface area (Å²) >= 11 is 12.3. The lowest BCUT2D eigenvalue weighted by atomic mass is 9.86. The van der Waals surface area contributed by atoms with Gasteiger partial charge in [0.25, 0.3) is 10.0 Å². The number of hydrogen-bond acceptors (Lipinski definition) is 3. The largest absolute Gasteiger partial charge is 0.348 e. The van der Waals surface area contributed by atoms with Crippen molar-refractivity contribution in [1.29, 1.82) is 0 Å². The standard InChI is InChI=1S/C26H28Cl2N2O3S/c1-18(19-10-12-20(13-11-19)26(2,3)4)29-25(31)17-30(23-15-21(27)14-22(28)16-23)34(32,33)24-8-6-5-7-9-24/h5-16,18H,17H2,1-4H3,(H,29,31)/t18-/m0/s1. The van der Waals surface area contributed by atoms with Crippen molar-refractivity contribution in [3.63, 3.8) is 0 Å². The summed E-state index contributed by atoms with van der Waals surface area (Å²) in [7, 11) is -4.05. The van der Waals surface area contributed by atoms with Crippen molar-refractivity contribution in [2.75, 3.05) is 10.8 Å². The quantitative estimate of drug-likeness (QED) is 0.395. The zero-order valence-corrected chi connectivity index (χ0v) is 21.9. The van der Waals surface area contributed by atoms with Gasteiger partial charge in [0.1, 0.15) is 6.54 Å². The monoisotopic (exact) mass is 518 g/mol. The summed E-state index contributed by atoms with van der Waals surface area (Å²) in [6, 6.07) is 20.1. The Labute approximate surface area is 211 Å². The average Bonchev–Trinajstić information content (AvgIpc) is 2.76. The van der Waals surface area contributed by atoms with Gasteiger partial charge in [0, 0.05) is 10.0 Å². The van der Waals surface area contributed by atoms with E-state index in [-0.39, 0.29) is 32.1 Å². The Balaban J connectivity index is 1.87. The highest BCUT2D eigenvalue weighted by atomic mass is 35.5. The Morgan fingerprint density at radius 3 is 2.03 bits per heavy atom. The van der Waals surface area contributed by atoms with Crippen molar-refractivity contribution < 1.29 is 13.2 Å². The van der Waals surface area contributed by atoms with Crippen LogP contribution in [0, 0.1) is 0 Å². The lowest BCUT2D eigenvalue weighted by Gasteiger charge is -2.26. The summed E-state index contributed by atoms with van der Waals surface area (Å²) in [5.74, 6) is -0.456. The molecule has 0 radical (unpaired) electrons. The second kappa shape index (κ2) is 10.4. The number of carbonyl (C=O) groups excluding carboxylic acids is 1. The summed E-state index contributed by atoms with van der Waals surface area (Å²) in [5, 5.41) is 3.43. The van der Waals surface area contributed by atoms with E-state index in [0.29, 0.717) is 0 Å². The molecule has 3 rings (SSSR count). The highest BCUT2D eigenvalue weighted by Gasteiger charge is 2.28. The maximum absolute atomic E-state index is 13.4. The van der Waals surface area contributed by atoms with Gasteiger partial charge in [0.05, 0.1) is 16.6 Å². The van der Waals surface area contributed by atoms with Gasteiger partial charge in [0.2, 0.25) is 5.91 Å². The van der Waals surface area contributed by atoms with Crippen LogP contribution in [-0.2, 0) is 20.2 Å². The highest BCUT2D eigenvalue weighted by Crippen LogP contribution is 2.30. The lowest BCUT2D eigenvalue weighted by molar-refractivity contribution is -0.120. The molecular weight excluding hydrogens is 491 g/mol. The normalized spacial score (nSPS) is 12.8. The molecule has 0 unspecified atom stereocenters. The van der Waals surface area contributed by atoms with Gasteiger partial charge in [-0.05, 0) is 53.8 Å². The first kappa shape index (κ1) is 26.1. The summed E-state index contributed by atoms with van der Waals surface area (Å²) < 4.78 is 27.9. The van der Waals surface area contributed by atoms with Crippen LogP contribution in [0.5, 0.6) is 0 Å². The molecule has 0 saturated carbocycles. The van der Waals surface area contributed by atoms with Crippen LogP contribution in [0.1, 0.15) is 44.9 Å². The van der Waals surface area contributed by atoms with E-state index in [2.05, 4.69) is 26.1 Å². The van der Waals surface area contributed by atoms with Gasteiger partial charge in [-0.1, -0.05) is 86.4 Å². The minimum atomic E-state index is -4.05. The Morgan fingerprint density at radius 2 is 1.50 bits per heavy atom. The second-order valence-corrected chi connectivity index (χ2v) is 11.8. The fraction of sp³-hybridized carbons (Fsp3) is 0.269. The van der Waals surface area contributed by atoms with Crippen LogP contribution < -0.4 is 9.62 Å². The van der Waals surface area contributed by atoms with Crippen LogP contribution in [-0.4, -0.2) is 20.9 Å². The Morgan fingerprint density at radius 1 is 0.941 bits per heavy atom.